The molecule has 0 heterocycles. The minimum Gasteiger partial charge on any atom is -0.481 e. The van der Waals surface area contributed by atoms with Crippen LogP contribution in [0.25, 0.3) is 6.08 Å². The number of aliphatic carboxylic acids is 1. The van der Waals surface area contributed by atoms with E-state index in [0.29, 0.717) is 0 Å². The van der Waals surface area contributed by atoms with Crippen molar-refractivity contribution in [2.24, 2.45) is 5.41 Å². The van der Waals surface area contributed by atoms with Crippen molar-refractivity contribution in [1.82, 2.24) is 0 Å². The Morgan fingerprint density at radius 2 is 1.80 bits per heavy atom. The molecule has 0 saturated heterocycles. The lowest BCUT2D eigenvalue weighted by atomic mass is 9.84. The molecule has 0 radical (unpaired) electrons. The molecule has 0 bridgehead atoms. The van der Waals surface area contributed by atoms with Gasteiger partial charge in [-0.15, -0.1) is 0 Å². The Bertz CT molecular complexity index is 375. The maximum atomic E-state index is 11.0. The Kier molecular flexibility index (Phi) is 3.30. The number of carbonyl (C=O) groups is 1. The van der Waals surface area contributed by atoms with Gasteiger partial charge in [-0.25, -0.2) is 0 Å². The minimum atomic E-state index is -0.810. The molecule has 0 aliphatic rings. The first-order chi connectivity index (χ1) is 6.94. The summed E-state index contributed by atoms with van der Waals surface area (Å²) >= 11 is 0. The molecule has 2 heteroatoms. The van der Waals surface area contributed by atoms with Gasteiger partial charge in [0.2, 0.25) is 0 Å². The van der Waals surface area contributed by atoms with Crippen molar-refractivity contribution < 1.29 is 9.90 Å². The van der Waals surface area contributed by atoms with Crippen molar-refractivity contribution in [2.45, 2.75) is 20.8 Å². The fraction of sp³-hybridized carbons (Fsp3) is 0.308. The SMILES string of the molecule is C/C(=C\c1ccccc1)C(C)(C)C(=O)O. The van der Waals surface area contributed by atoms with Crippen molar-refractivity contribution >= 4 is 12.0 Å². The second-order valence-electron chi connectivity index (χ2n) is 4.17. The maximum absolute atomic E-state index is 11.0. The molecule has 1 N–H and O–H groups in total. The standard InChI is InChI=1S/C13H16O2/c1-10(13(2,3)12(14)15)9-11-7-5-4-6-8-11/h4-9H,1-3H3,(H,14,15)/b10-9+. The van der Waals surface area contributed by atoms with Crippen LogP contribution in [-0.2, 0) is 4.79 Å². The van der Waals surface area contributed by atoms with Gasteiger partial charge >= 0.3 is 5.97 Å². The summed E-state index contributed by atoms with van der Waals surface area (Å²) in [6.07, 6.45) is 1.91. The molecular formula is C13H16O2. The summed E-state index contributed by atoms with van der Waals surface area (Å²) < 4.78 is 0. The van der Waals surface area contributed by atoms with Crippen LogP contribution < -0.4 is 0 Å². The number of carboxylic acid groups (broad SMARTS) is 1. The van der Waals surface area contributed by atoms with Crippen LogP contribution in [0.15, 0.2) is 35.9 Å². The van der Waals surface area contributed by atoms with E-state index >= 15 is 0 Å². The summed E-state index contributed by atoms with van der Waals surface area (Å²) in [4.78, 5) is 11.0. The molecule has 80 valence electrons. The summed E-state index contributed by atoms with van der Waals surface area (Å²) in [6, 6.07) is 9.73. The van der Waals surface area contributed by atoms with E-state index in [0.717, 1.165) is 11.1 Å². The molecule has 15 heavy (non-hydrogen) atoms. The van der Waals surface area contributed by atoms with Gasteiger partial charge in [0.05, 0.1) is 5.41 Å². The largest absolute Gasteiger partial charge is 0.481 e. The van der Waals surface area contributed by atoms with Crippen molar-refractivity contribution in [3.8, 4) is 0 Å². The lowest BCUT2D eigenvalue weighted by Gasteiger charge is -2.20. The molecule has 0 amide bonds. The summed E-state index contributed by atoms with van der Waals surface area (Å²) in [5.41, 5.74) is 1.07. The van der Waals surface area contributed by atoms with E-state index in [-0.39, 0.29) is 0 Å². The monoisotopic (exact) mass is 204 g/mol. The zero-order chi connectivity index (χ0) is 11.5. The third kappa shape index (κ3) is 2.69. The molecule has 0 aliphatic heterocycles. The average molecular weight is 204 g/mol. The molecule has 0 aromatic heterocycles. The highest BCUT2D eigenvalue weighted by Crippen LogP contribution is 2.27. The van der Waals surface area contributed by atoms with Crippen LogP contribution >= 0.6 is 0 Å². The minimum absolute atomic E-state index is 0.799. The number of benzene rings is 1. The molecular weight excluding hydrogens is 188 g/mol. The quantitative estimate of drug-likeness (QED) is 0.820. The molecule has 2 nitrogen and oxygen atoms in total. The first kappa shape index (κ1) is 11.5. The van der Waals surface area contributed by atoms with E-state index in [2.05, 4.69) is 0 Å². The van der Waals surface area contributed by atoms with Crippen molar-refractivity contribution in [3.05, 3.63) is 41.5 Å². The van der Waals surface area contributed by atoms with E-state index in [1.54, 1.807) is 13.8 Å². The van der Waals surface area contributed by atoms with Crippen LogP contribution in [0.4, 0.5) is 0 Å². The zero-order valence-corrected chi connectivity index (χ0v) is 9.32. The van der Waals surface area contributed by atoms with Gasteiger partial charge < -0.3 is 5.11 Å². The van der Waals surface area contributed by atoms with Gasteiger partial charge in [-0.2, -0.15) is 0 Å². The second kappa shape index (κ2) is 4.30. The molecule has 0 unspecified atom stereocenters. The fourth-order valence-electron chi connectivity index (χ4n) is 1.15. The average Bonchev–Trinajstić information content (AvgIpc) is 2.18. The van der Waals surface area contributed by atoms with E-state index < -0.39 is 11.4 Å². The smallest absolute Gasteiger partial charge is 0.313 e. The van der Waals surface area contributed by atoms with Crippen LogP contribution in [0.2, 0.25) is 0 Å². The topological polar surface area (TPSA) is 37.3 Å². The number of hydrogen-bond acceptors (Lipinski definition) is 1. The van der Waals surface area contributed by atoms with Gasteiger partial charge in [-0.1, -0.05) is 42.0 Å². The van der Waals surface area contributed by atoms with Gasteiger partial charge in [-0.05, 0) is 26.3 Å². The summed E-state index contributed by atoms with van der Waals surface area (Å²) in [6.45, 7) is 5.27. The van der Waals surface area contributed by atoms with Crippen LogP contribution in [0.5, 0.6) is 0 Å². The zero-order valence-electron chi connectivity index (χ0n) is 9.32. The lowest BCUT2D eigenvalue weighted by Crippen LogP contribution is -2.24. The molecule has 0 aliphatic carbocycles. The number of hydrogen-bond donors (Lipinski definition) is 1. The van der Waals surface area contributed by atoms with Gasteiger partial charge in [0.1, 0.15) is 0 Å². The first-order valence-corrected chi connectivity index (χ1v) is 4.92. The molecule has 0 atom stereocenters. The predicted octanol–water partition coefficient (Wildman–Crippen LogP) is 3.20. The van der Waals surface area contributed by atoms with Crippen LogP contribution in [0.3, 0.4) is 0 Å². The maximum Gasteiger partial charge on any atom is 0.313 e. The van der Waals surface area contributed by atoms with Gasteiger partial charge in [0.25, 0.3) is 0 Å². The van der Waals surface area contributed by atoms with E-state index in [1.807, 2.05) is 43.3 Å². The Morgan fingerprint density at radius 1 is 1.27 bits per heavy atom. The van der Waals surface area contributed by atoms with Crippen molar-refractivity contribution in [2.75, 3.05) is 0 Å². The third-order valence-corrected chi connectivity index (χ3v) is 2.70. The van der Waals surface area contributed by atoms with Gasteiger partial charge in [0, 0.05) is 0 Å². The van der Waals surface area contributed by atoms with Crippen LogP contribution in [-0.4, -0.2) is 11.1 Å². The normalized spacial score (nSPS) is 12.6. The number of rotatable bonds is 3. The van der Waals surface area contributed by atoms with E-state index in [9.17, 15) is 4.79 Å². The fourth-order valence-corrected chi connectivity index (χ4v) is 1.15. The van der Waals surface area contributed by atoms with Crippen molar-refractivity contribution in [3.63, 3.8) is 0 Å². The molecule has 1 aromatic carbocycles. The Balaban J connectivity index is 2.99. The van der Waals surface area contributed by atoms with Gasteiger partial charge in [-0.3, -0.25) is 4.79 Å². The van der Waals surface area contributed by atoms with Crippen LogP contribution in [0, 0.1) is 5.41 Å². The summed E-state index contributed by atoms with van der Waals surface area (Å²) in [5, 5.41) is 9.05. The van der Waals surface area contributed by atoms with Crippen molar-refractivity contribution in [1.29, 1.82) is 0 Å². The Morgan fingerprint density at radius 3 is 2.27 bits per heavy atom. The molecule has 1 aromatic rings. The highest BCUT2D eigenvalue weighted by molar-refractivity contribution is 5.79. The summed E-state index contributed by atoms with van der Waals surface area (Å²) in [7, 11) is 0. The third-order valence-electron chi connectivity index (χ3n) is 2.70. The Labute approximate surface area is 90.3 Å². The highest BCUT2D eigenvalue weighted by atomic mass is 16.4. The number of carboxylic acids is 1. The van der Waals surface area contributed by atoms with E-state index in [4.69, 9.17) is 5.11 Å². The molecule has 1 rings (SSSR count). The second-order valence-corrected chi connectivity index (χ2v) is 4.17. The highest BCUT2D eigenvalue weighted by Gasteiger charge is 2.28. The lowest BCUT2D eigenvalue weighted by molar-refractivity contribution is -0.144. The molecule has 0 spiro atoms. The van der Waals surface area contributed by atoms with Gasteiger partial charge in [0.15, 0.2) is 0 Å². The van der Waals surface area contributed by atoms with Crippen LogP contribution in [0.1, 0.15) is 26.3 Å². The van der Waals surface area contributed by atoms with E-state index in [1.165, 1.54) is 0 Å². The predicted molar refractivity (Wildman–Crippen MR) is 61.5 cm³/mol. The Hall–Kier alpha value is -1.57. The molecule has 0 saturated carbocycles. The first-order valence-electron chi connectivity index (χ1n) is 4.92. The molecule has 0 fully saturated rings. The summed E-state index contributed by atoms with van der Waals surface area (Å²) in [5.74, 6) is -0.799.